The van der Waals surface area contributed by atoms with Crippen molar-refractivity contribution in [2.24, 2.45) is 0 Å². The molecule has 0 aliphatic heterocycles. The first kappa shape index (κ1) is 12.9. The van der Waals surface area contributed by atoms with Crippen LogP contribution in [0, 0.1) is 0 Å². The minimum Gasteiger partial charge on any atom is -0.508 e. The molecule has 5 N–H and O–H groups in total. The number of carbonyl (C=O) groups is 1. The normalized spacial score (nSPS) is 10.7. The smallest absolute Gasteiger partial charge is 0.278 e. The van der Waals surface area contributed by atoms with Crippen molar-refractivity contribution in [2.45, 2.75) is 19.8 Å². The number of anilines is 2. The molecular formula is C13H16N4O2. The van der Waals surface area contributed by atoms with Crippen molar-refractivity contribution in [3.05, 3.63) is 35.7 Å². The van der Waals surface area contributed by atoms with Crippen LogP contribution in [-0.4, -0.2) is 21.2 Å². The van der Waals surface area contributed by atoms with Gasteiger partial charge in [0.15, 0.2) is 5.69 Å². The lowest BCUT2D eigenvalue weighted by atomic mass is 10.1. The fourth-order valence-corrected chi connectivity index (χ4v) is 1.75. The van der Waals surface area contributed by atoms with Gasteiger partial charge in [-0.05, 0) is 18.1 Å². The molecule has 2 aromatic rings. The molecule has 6 nitrogen and oxygen atoms in total. The number of nitrogens with two attached hydrogens (primary N) is 1. The van der Waals surface area contributed by atoms with Crippen molar-refractivity contribution in [1.82, 2.24) is 10.2 Å². The van der Waals surface area contributed by atoms with Crippen molar-refractivity contribution in [2.75, 3.05) is 11.1 Å². The van der Waals surface area contributed by atoms with Gasteiger partial charge in [-0.2, -0.15) is 5.10 Å². The van der Waals surface area contributed by atoms with Gasteiger partial charge in [0.25, 0.3) is 5.91 Å². The second-order valence-corrected chi connectivity index (χ2v) is 4.56. The lowest BCUT2D eigenvalue weighted by molar-refractivity contribution is 0.102. The monoisotopic (exact) mass is 260 g/mol. The highest BCUT2D eigenvalue weighted by Crippen LogP contribution is 2.23. The number of aromatic hydroxyl groups is 1. The van der Waals surface area contributed by atoms with Gasteiger partial charge >= 0.3 is 0 Å². The van der Waals surface area contributed by atoms with Crippen molar-refractivity contribution in [3.63, 3.8) is 0 Å². The maximum atomic E-state index is 12.0. The Morgan fingerprint density at radius 2 is 2.21 bits per heavy atom. The lowest BCUT2D eigenvalue weighted by Gasteiger charge is -2.05. The SMILES string of the molecule is CC(C)c1[nH]nc(C(=O)Nc2cccc(O)c2)c1N. The first-order valence-corrected chi connectivity index (χ1v) is 5.93. The Labute approximate surface area is 110 Å². The zero-order valence-electron chi connectivity index (χ0n) is 10.8. The van der Waals surface area contributed by atoms with E-state index in [0.29, 0.717) is 11.4 Å². The molecule has 100 valence electrons. The number of phenolic OH excluding ortho intramolecular Hbond substituents is 1. The molecule has 1 aromatic heterocycles. The zero-order valence-corrected chi connectivity index (χ0v) is 10.8. The molecule has 0 radical (unpaired) electrons. The first-order chi connectivity index (χ1) is 8.99. The summed E-state index contributed by atoms with van der Waals surface area (Å²) < 4.78 is 0. The average Bonchev–Trinajstić information content (AvgIpc) is 2.71. The molecule has 0 aliphatic rings. The van der Waals surface area contributed by atoms with Gasteiger partial charge in [-0.15, -0.1) is 0 Å². The summed E-state index contributed by atoms with van der Waals surface area (Å²) in [6, 6.07) is 6.28. The molecule has 2 rings (SSSR count). The van der Waals surface area contributed by atoms with Gasteiger partial charge in [-0.3, -0.25) is 9.89 Å². The van der Waals surface area contributed by atoms with E-state index in [1.54, 1.807) is 12.1 Å². The second kappa shape index (κ2) is 5.01. The molecular weight excluding hydrogens is 244 g/mol. The Morgan fingerprint density at radius 3 is 2.79 bits per heavy atom. The van der Waals surface area contributed by atoms with E-state index in [9.17, 15) is 9.90 Å². The van der Waals surface area contributed by atoms with E-state index in [1.807, 2.05) is 13.8 Å². The zero-order chi connectivity index (χ0) is 14.0. The van der Waals surface area contributed by atoms with E-state index in [-0.39, 0.29) is 17.4 Å². The van der Waals surface area contributed by atoms with Crippen molar-refractivity contribution in [1.29, 1.82) is 0 Å². The summed E-state index contributed by atoms with van der Waals surface area (Å²) >= 11 is 0. The Balaban J connectivity index is 2.21. The number of benzene rings is 1. The van der Waals surface area contributed by atoms with Crippen molar-refractivity contribution >= 4 is 17.3 Å². The molecule has 6 heteroatoms. The molecule has 0 fully saturated rings. The molecule has 0 bridgehead atoms. The molecule has 0 aliphatic carbocycles. The largest absolute Gasteiger partial charge is 0.508 e. The molecule has 0 atom stereocenters. The second-order valence-electron chi connectivity index (χ2n) is 4.56. The number of phenols is 1. The van der Waals surface area contributed by atoms with Gasteiger partial charge in [0.05, 0.1) is 11.4 Å². The third-order valence-corrected chi connectivity index (χ3v) is 2.73. The molecule has 19 heavy (non-hydrogen) atoms. The topological polar surface area (TPSA) is 104 Å². The standard InChI is InChI=1S/C13H16N4O2/c1-7(2)11-10(14)12(17-16-11)13(19)15-8-4-3-5-9(18)6-8/h3-7,18H,14H2,1-2H3,(H,15,19)(H,16,17). The number of hydrogen-bond acceptors (Lipinski definition) is 4. The van der Waals surface area contributed by atoms with Crippen LogP contribution >= 0.6 is 0 Å². The van der Waals surface area contributed by atoms with E-state index < -0.39 is 5.91 Å². The molecule has 0 saturated carbocycles. The Bertz CT molecular complexity index is 604. The van der Waals surface area contributed by atoms with Crippen LogP contribution in [0.2, 0.25) is 0 Å². The van der Waals surface area contributed by atoms with Crippen molar-refractivity contribution in [3.8, 4) is 5.75 Å². The average molecular weight is 260 g/mol. The van der Waals surface area contributed by atoms with Crippen LogP contribution in [-0.2, 0) is 0 Å². The molecule has 0 unspecified atom stereocenters. The van der Waals surface area contributed by atoms with Gasteiger partial charge < -0.3 is 16.2 Å². The summed E-state index contributed by atoms with van der Waals surface area (Å²) in [6.45, 7) is 3.92. The Morgan fingerprint density at radius 1 is 1.47 bits per heavy atom. The third kappa shape index (κ3) is 2.67. The highest BCUT2D eigenvalue weighted by Gasteiger charge is 2.18. The van der Waals surface area contributed by atoms with Gasteiger partial charge in [0, 0.05) is 11.8 Å². The Kier molecular flexibility index (Phi) is 3.41. The van der Waals surface area contributed by atoms with Crippen LogP contribution in [0.25, 0.3) is 0 Å². The van der Waals surface area contributed by atoms with E-state index in [0.717, 1.165) is 5.69 Å². The number of nitrogen functional groups attached to an aromatic ring is 1. The lowest BCUT2D eigenvalue weighted by Crippen LogP contribution is -2.14. The summed E-state index contributed by atoms with van der Waals surface area (Å²) in [5.74, 6) is -0.170. The van der Waals surface area contributed by atoms with E-state index in [4.69, 9.17) is 5.73 Å². The predicted octanol–water partition coefficient (Wildman–Crippen LogP) is 2.07. The van der Waals surface area contributed by atoms with Crippen LogP contribution in [0.5, 0.6) is 5.75 Å². The highest BCUT2D eigenvalue weighted by molar-refractivity contribution is 6.06. The predicted molar refractivity (Wildman–Crippen MR) is 73.1 cm³/mol. The van der Waals surface area contributed by atoms with Crippen LogP contribution < -0.4 is 11.1 Å². The first-order valence-electron chi connectivity index (χ1n) is 5.93. The molecule has 0 spiro atoms. The summed E-state index contributed by atoms with van der Waals surface area (Å²) in [5, 5.41) is 18.7. The van der Waals surface area contributed by atoms with E-state index in [2.05, 4.69) is 15.5 Å². The van der Waals surface area contributed by atoms with Crippen LogP contribution in [0.1, 0.15) is 35.9 Å². The minimum atomic E-state index is -0.411. The highest BCUT2D eigenvalue weighted by atomic mass is 16.3. The molecule has 1 amide bonds. The van der Waals surface area contributed by atoms with Gasteiger partial charge in [0.1, 0.15) is 5.75 Å². The molecule has 1 heterocycles. The fraction of sp³-hybridized carbons (Fsp3) is 0.231. The number of nitrogens with one attached hydrogen (secondary N) is 2. The number of rotatable bonds is 3. The van der Waals surface area contributed by atoms with Gasteiger partial charge in [-0.1, -0.05) is 19.9 Å². The number of aromatic nitrogens is 2. The van der Waals surface area contributed by atoms with Gasteiger partial charge in [0.2, 0.25) is 0 Å². The number of aromatic amines is 1. The summed E-state index contributed by atoms with van der Waals surface area (Å²) in [6.07, 6.45) is 0. The van der Waals surface area contributed by atoms with E-state index >= 15 is 0 Å². The van der Waals surface area contributed by atoms with Gasteiger partial charge in [-0.25, -0.2) is 0 Å². The van der Waals surface area contributed by atoms with Crippen LogP contribution in [0.3, 0.4) is 0 Å². The third-order valence-electron chi connectivity index (χ3n) is 2.73. The quantitative estimate of drug-likeness (QED) is 0.678. The maximum absolute atomic E-state index is 12.0. The Hall–Kier alpha value is -2.50. The van der Waals surface area contributed by atoms with Crippen LogP contribution in [0.15, 0.2) is 24.3 Å². The fourth-order valence-electron chi connectivity index (χ4n) is 1.75. The maximum Gasteiger partial charge on any atom is 0.278 e. The molecule has 1 aromatic carbocycles. The number of hydrogen-bond donors (Lipinski definition) is 4. The number of carbonyl (C=O) groups excluding carboxylic acids is 1. The summed E-state index contributed by atoms with van der Waals surface area (Å²) in [7, 11) is 0. The number of nitrogens with zero attached hydrogens (tertiary/aromatic N) is 1. The van der Waals surface area contributed by atoms with Crippen molar-refractivity contribution < 1.29 is 9.90 Å². The van der Waals surface area contributed by atoms with Crippen LogP contribution in [0.4, 0.5) is 11.4 Å². The summed E-state index contributed by atoms with van der Waals surface area (Å²) in [5.41, 5.74) is 7.62. The molecule has 0 saturated heterocycles. The van der Waals surface area contributed by atoms with E-state index in [1.165, 1.54) is 12.1 Å². The number of amides is 1. The summed E-state index contributed by atoms with van der Waals surface area (Å²) in [4.78, 5) is 12.0. The minimum absolute atomic E-state index is 0.0793. The number of H-pyrrole nitrogens is 1.